The molecule has 0 saturated carbocycles. The van der Waals surface area contributed by atoms with Gasteiger partial charge in [-0.05, 0) is 12.1 Å². The second-order valence-corrected chi connectivity index (χ2v) is 5.58. The van der Waals surface area contributed by atoms with Crippen molar-refractivity contribution in [2.75, 3.05) is 11.9 Å². The van der Waals surface area contributed by atoms with Crippen LogP contribution in [0.5, 0.6) is 0 Å². The molecule has 0 radical (unpaired) electrons. The Kier molecular flexibility index (Phi) is 3.08. The molecule has 90 valence electrons. The third-order valence-electron chi connectivity index (χ3n) is 2.41. The quantitative estimate of drug-likeness (QED) is 0.730. The molecule has 0 bridgehead atoms. The molecule has 0 aliphatic carbocycles. The average Bonchev–Trinajstić information content (AvgIpc) is 3.02. The van der Waals surface area contributed by atoms with Gasteiger partial charge in [-0.2, -0.15) is 0 Å². The Morgan fingerprint density at radius 1 is 1.28 bits per heavy atom. The number of fused-ring (bicyclic) bond motifs is 1. The molecule has 0 amide bonds. The van der Waals surface area contributed by atoms with Crippen molar-refractivity contribution in [2.24, 2.45) is 0 Å². The van der Waals surface area contributed by atoms with E-state index in [4.69, 9.17) is 0 Å². The van der Waals surface area contributed by atoms with Gasteiger partial charge in [0, 0.05) is 11.9 Å². The Hall–Kier alpha value is -1.72. The lowest BCUT2D eigenvalue weighted by molar-refractivity contribution is 1.28. The lowest BCUT2D eigenvalue weighted by Crippen LogP contribution is -1.96. The van der Waals surface area contributed by atoms with E-state index in [0.717, 1.165) is 27.9 Å². The number of nitrogens with zero attached hydrogens (tertiary/aromatic N) is 2. The predicted octanol–water partition coefficient (Wildman–Crippen LogP) is 4.02. The van der Waals surface area contributed by atoms with Gasteiger partial charge in [-0.25, -0.2) is 9.97 Å². The van der Waals surface area contributed by atoms with Crippen LogP contribution in [0.15, 0.2) is 42.3 Å². The van der Waals surface area contributed by atoms with Crippen LogP contribution < -0.4 is 5.32 Å². The van der Waals surface area contributed by atoms with Crippen LogP contribution >= 0.6 is 22.7 Å². The zero-order valence-corrected chi connectivity index (χ0v) is 11.2. The van der Waals surface area contributed by atoms with E-state index in [2.05, 4.69) is 27.9 Å². The zero-order chi connectivity index (χ0) is 12.4. The summed E-state index contributed by atoms with van der Waals surface area (Å²) in [5, 5.41) is 7.09. The fraction of sp³-hybridized carbons (Fsp3) is 0.0769. The molecule has 0 saturated heterocycles. The van der Waals surface area contributed by atoms with Crippen molar-refractivity contribution in [1.82, 2.24) is 9.97 Å². The molecule has 5 heteroatoms. The number of aromatic nitrogens is 2. The molecule has 0 aliphatic rings. The number of nitrogens with one attached hydrogen (secondary N) is 1. The lowest BCUT2D eigenvalue weighted by atomic mass is 10.3. The van der Waals surface area contributed by atoms with E-state index < -0.39 is 0 Å². The maximum Gasteiger partial charge on any atom is 0.183 e. The van der Waals surface area contributed by atoms with Gasteiger partial charge in [0.25, 0.3) is 0 Å². The van der Waals surface area contributed by atoms with Crippen molar-refractivity contribution in [3.63, 3.8) is 0 Å². The van der Waals surface area contributed by atoms with Crippen molar-refractivity contribution >= 4 is 38.0 Å². The first kappa shape index (κ1) is 11.4. The summed E-state index contributed by atoms with van der Waals surface area (Å²) in [5.74, 6) is 0. The molecule has 0 unspecified atom stereocenters. The fourth-order valence-electron chi connectivity index (χ4n) is 1.59. The van der Waals surface area contributed by atoms with E-state index in [-0.39, 0.29) is 0 Å². The zero-order valence-electron chi connectivity index (χ0n) is 9.59. The van der Waals surface area contributed by atoms with Crippen LogP contribution in [0.2, 0.25) is 0 Å². The third kappa shape index (κ3) is 2.14. The summed E-state index contributed by atoms with van der Waals surface area (Å²) in [4.78, 5) is 9.11. The molecule has 2 heterocycles. The standard InChI is InChI=1S/C13H11N3S2/c1-2-7-14-13-16-10(8-17-13)12-15-9-5-3-4-6-11(9)18-12/h2-6,8H,1,7H2,(H,14,16). The van der Waals surface area contributed by atoms with E-state index in [1.165, 1.54) is 4.70 Å². The second-order valence-electron chi connectivity index (χ2n) is 3.69. The van der Waals surface area contributed by atoms with Crippen molar-refractivity contribution in [1.29, 1.82) is 0 Å². The highest BCUT2D eigenvalue weighted by atomic mass is 32.1. The number of thiazole rings is 2. The van der Waals surface area contributed by atoms with E-state index >= 15 is 0 Å². The van der Waals surface area contributed by atoms with Crippen LogP contribution in [0.3, 0.4) is 0 Å². The summed E-state index contributed by atoms with van der Waals surface area (Å²) in [6, 6.07) is 8.14. The Morgan fingerprint density at radius 2 is 2.17 bits per heavy atom. The number of para-hydroxylation sites is 1. The van der Waals surface area contributed by atoms with Gasteiger partial charge in [0.1, 0.15) is 10.7 Å². The Morgan fingerprint density at radius 3 is 3.00 bits per heavy atom. The first-order valence-electron chi connectivity index (χ1n) is 5.53. The second kappa shape index (κ2) is 4.88. The van der Waals surface area contributed by atoms with E-state index in [0.29, 0.717) is 0 Å². The highest BCUT2D eigenvalue weighted by Crippen LogP contribution is 2.31. The average molecular weight is 273 g/mol. The van der Waals surface area contributed by atoms with Crippen molar-refractivity contribution in [3.8, 4) is 10.7 Å². The van der Waals surface area contributed by atoms with Crippen LogP contribution in [-0.4, -0.2) is 16.5 Å². The minimum Gasteiger partial charge on any atom is -0.358 e. The van der Waals surface area contributed by atoms with Crippen LogP contribution in [-0.2, 0) is 0 Å². The molecule has 1 N–H and O–H groups in total. The van der Waals surface area contributed by atoms with Crippen molar-refractivity contribution in [3.05, 3.63) is 42.3 Å². The summed E-state index contributed by atoms with van der Waals surface area (Å²) in [6.07, 6.45) is 1.82. The van der Waals surface area contributed by atoms with Gasteiger partial charge in [0.05, 0.1) is 10.2 Å². The van der Waals surface area contributed by atoms with Gasteiger partial charge in [0.15, 0.2) is 5.13 Å². The number of anilines is 1. The first-order valence-corrected chi connectivity index (χ1v) is 7.22. The Bertz CT molecular complexity index is 651. The van der Waals surface area contributed by atoms with Gasteiger partial charge >= 0.3 is 0 Å². The number of hydrogen-bond donors (Lipinski definition) is 1. The summed E-state index contributed by atoms with van der Waals surface area (Å²) < 4.78 is 1.20. The van der Waals surface area contributed by atoms with E-state index in [9.17, 15) is 0 Å². The smallest absolute Gasteiger partial charge is 0.183 e. The van der Waals surface area contributed by atoms with Gasteiger partial charge in [0.2, 0.25) is 0 Å². The number of rotatable bonds is 4. The fourth-order valence-corrected chi connectivity index (χ4v) is 3.30. The number of benzene rings is 1. The van der Waals surface area contributed by atoms with E-state index in [1.54, 1.807) is 22.7 Å². The molecule has 0 aliphatic heterocycles. The van der Waals surface area contributed by atoms with Crippen LogP contribution in [0.25, 0.3) is 20.9 Å². The van der Waals surface area contributed by atoms with Crippen LogP contribution in [0.4, 0.5) is 5.13 Å². The molecule has 1 aromatic carbocycles. The maximum atomic E-state index is 4.59. The third-order valence-corrected chi connectivity index (χ3v) is 4.27. The molecule has 0 fully saturated rings. The SMILES string of the molecule is C=CCNc1nc(-c2nc3ccccc3s2)cs1. The Labute approximate surface area is 113 Å². The van der Waals surface area contributed by atoms with Crippen LogP contribution in [0, 0.1) is 0 Å². The topological polar surface area (TPSA) is 37.8 Å². The normalized spacial score (nSPS) is 10.7. The summed E-state index contributed by atoms with van der Waals surface area (Å²) in [6.45, 7) is 4.40. The predicted molar refractivity (Wildman–Crippen MR) is 79.4 cm³/mol. The molecule has 18 heavy (non-hydrogen) atoms. The van der Waals surface area contributed by atoms with Gasteiger partial charge in [-0.1, -0.05) is 18.2 Å². The largest absolute Gasteiger partial charge is 0.358 e. The first-order chi connectivity index (χ1) is 8.86. The van der Waals surface area contributed by atoms with Crippen molar-refractivity contribution < 1.29 is 0 Å². The molecule has 3 aromatic rings. The summed E-state index contributed by atoms with van der Waals surface area (Å²) >= 11 is 3.26. The minimum absolute atomic E-state index is 0.729. The van der Waals surface area contributed by atoms with Gasteiger partial charge < -0.3 is 5.32 Å². The van der Waals surface area contributed by atoms with Gasteiger partial charge in [-0.15, -0.1) is 29.3 Å². The molecule has 3 nitrogen and oxygen atoms in total. The molecule has 2 aromatic heterocycles. The molecule has 0 spiro atoms. The van der Waals surface area contributed by atoms with E-state index in [1.807, 2.05) is 29.7 Å². The lowest BCUT2D eigenvalue weighted by Gasteiger charge is -1.94. The minimum atomic E-state index is 0.729. The monoisotopic (exact) mass is 273 g/mol. The molecule has 0 atom stereocenters. The summed E-state index contributed by atoms with van der Waals surface area (Å²) in [5.41, 5.74) is 1.97. The number of hydrogen-bond acceptors (Lipinski definition) is 5. The Balaban J connectivity index is 1.93. The van der Waals surface area contributed by atoms with Gasteiger partial charge in [-0.3, -0.25) is 0 Å². The highest BCUT2D eigenvalue weighted by Gasteiger charge is 2.09. The molecular formula is C13H11N3S2. The molecular weight excluding hydrogens is 262 g/mol. The maximum absolute atomic E-state index is 4.59. The molecule has 3 rings (SSSR count). The highest BCUT2D eigenvalue weighted by molar-refractivity contribution is 7.22. The van der Waals surface area contributed by atoms with Crippen molar-refractivity contribution in [2.45, 2.75) is 0 Å². The van der Waals surface area contributed by atoms with Crippen LogP contribution in [0.1, 0.15) is 0 Å². The summed E-state index contributed by atoms with van der Waals surface area (Å²) in [7, 11) is 0.